The van der Waals surface area contributed by atoms with Crippen LogP contribution in [0.3, 0.4) is 0 Å². The van der Waals surface area contributed by atoms with Crippen molar-refractivity contribution in [3.63, 3.8) is 0 Å². The zero-order valence-corrected chi connectivity index (χ0v) is 9.39. The lowest BCUT2D eigenvalue weighted by molar-refractivity contribution is 0.373. The summed E-state index contributed by atoms with van der Waals surface area (Å²) in [6.45, 7) is 5.78. The molecule has 0 amide bonds. The molecule has 0 aliphatic heterocycles. The molecule has 1 heterocycles. The SMILES string of the molecule is Cc1nn(CCN(C)C)c(Cl)c1C. The van der Waals surface area contributed by atoms with Crippen molar-refractivity contribution in [2.75, 3.05) is 20.6 Å². The van der Waals surface area contributed by atoms with E-state index in [-0.39, 0.29) is 0 Å². The maximum Gasteiger partial charge on any atom is 0.130 e. The molecule has 0 N–H and O–H groups in total. The second kappa shape index (κ2) is 4.11. The van der Waals surface area contributed by atoms with Crippen molar-refractivity contribution in [3.05, 3.63) is 16.4 Å². The lowest BCUT2D eigenvalue weighted by Gasteiger charge is -2.09. The summed E-state index contributed by atoms with van der Waals surface area (Å²) in [7, 11) is 4.08. The van der Waals surface area contributed by atoms with E-state index in [0.29, 0.717) is 0 Å². The quantitative estimate of drug-likeness (QED) is 0.743. The first-order valence-corrected chi connectivity index (χ1v) is 4.74. The van der Waals surface area contributed by atoms with Crippen LogP contribution in [0.1, 0.15) is 11.3 Å². The minimum absolute atomic E-state index is 0.763. The highest BCUT2D eigenvalue weighted by molar-refractivity contribution is 6.30. The van der Waals surface area contributed by atoms with Gasteiger partial charge < -0.3 is 4.90 Å². The van der Waals surface area contributed by atoms with Crippen LogP contribution in [0.25, 0.3) is 0 Å². The smallest absolute Gasteiger partial charge is 0.130 e. The molecular formula is C9H16ClN3. The molecule has 0 fully saturated rings. The van der Waals surface area contributed by atoms with Gasteiger partial charge in [0.15, 0.2) is 0 Å². The molecular weight excluding hydrogens is 186 g/mol. The van der Waals surface area contributed by atoms with Crippen LogP contribution >= 0.6 is 11.6 Å². The summed E-state index contributed by atoms with van der Waals surface area (Å²) in [5.41, 5.74) is 2.10. The van der Waals surface area contributed by atoms with Crippen molar-refractivity contribution in [3.8, 4) is 0 Å². The van der Waals surface area contributed by atoms with Gasteiger partial charge in [0.1, 0.15) is 5.15 Å². The van der Waals surface area contributed by atoms with Gasteiger partial charge in [0.2, 0.25) is 0 Å². The molecule has 0 saturated carbocycles. The molecule has 1 aromatic rings. The topological polar surface area (TPSA) is 21.1 Å². The highest BCUT2D eigenvalue weighted by atomic mass is 35.5. The lowest BCUT2D eigenvalue weighted by Crippen LogP contribution is -2.19. The molecule has 0 saturated heterocycles. The summed E-state index contributed by atoms with van der Waals surface area (Å²) >= 11 is 6.08. The van der Waals surface area contributed by atoms with Crippen molar-refractivity contribution < 1.29 is 0 Å². The van der Waals surface area contributed by atoms with Crippen LogP contribution < -0.4 is 0 Å². The molecule has 1 rings (SSSR count). The second-order valence-corrected chi connectivity index (χ2v) is 3.89. The van der Waals surface area contributed by atoms with Crippen molar-refractivity contribution >= 4 is 11.6 Å². The molecule has 0 aliphatic rings. The monoisotopic (exact) mass is 201 g/mol. The number of aromatic nitrogens is 2. The van der Waals surface area contributed by atoms with E-state index in [2.05, 4.69) is 10.00 Å². The van der Waals surface area contributed by atoms with Crippen LogP contribution in [0.2, 0.25) is 5.15 Å². The predicted molar refractivity (Wildman–Crippen MR) is 55.3 cm³/mol. The molecule has 0 atom stereocenters. The van der Waals surface area contributed by atoms with E-state index in [0.717, 1.165) is 29.5 Å². The van der Waals surface area contributed by atoms with Crippen molar-refractivity contribution in [1.29, 1.82) is 0 Å². The van der Waals surface area contributed by atoms with Crippen LogP contribution in [0, 0.1) is 13.8 Å². The minimum Gasteiger partial charge on any atom is -0.308 e. The van der Waals surface area contributed by atoms with E-state index in [4.69, 9.17) is 11.6 Å². The highest BCUT2D eigenvalue weighted by Crippen LogP contribution is 2.17. The Balaban J connectivity index is 2.72. The first-order chi connectivity index (χ1) is 6.02. The molecule has 0 unspecified atom stereocenters. The first-order valence-electron chi connectivity index (χ1n) is 4.36. The normalized spacial score (nSPS) is 11.2. The van der Waals surface area contributed by atoms with E-state index >= 15 is 0 Å². The zero-order chi connectivity index (χ0) is 10.0. The molecule has 0 bridgehead atoms. The lowest BCUT2D eigenvalue weighted by atomic mass is 10.3. The molecule has 0 spiro atoms. The molecule has 0 radical (unpaired) electrons. The van der Waals surface area contributed by atoms with E-state index < -0.39 is 0 Å². The number of rotatable bonds is 3. The Morgan fingerprint density at radius 2 is 2.00 bits per heavy atom. The third kappa shape index (κ3) is 2.45. The fourth-order valence-corrected chi connectivity index (χ4v) is 1.34. The summed E-state index contributed by atoms with van der Waals surface area (Å²) in [5, 5.41) is 5.10. The number of hydrogen-bond acceptors (Lipinski definition) is 2. The fraction of sp³-hybridized carbons (Fsp3) is 0.667. The van der Waals surface area contributed by atoms with E-state index in [1.165, 1.54) is 0 Å². The van der Waals surface area contributed by atoms with Crippen molar-refractivity contribution in [1.82, 2.24) is 14.7 Å². The Bertz CT molecular complexity index is 291. The van der Waals surface area contributed by atoms with Gasteiger partial charge >= 0.3 is 0 Å². The second-order valence-electron chi connectivity index (χ2n) is 3.53. The number of nitrogens with zero attached hydrogens (tertiary/aromatic N) is 3. The molecule has 13 heavy (non-hydrogen) atoms. The fourth-order valence-electron chi connectivity index (χ4n) is 1.09. The van der Waals surface area contributed by atoms with Gasteiger partial charge in [-0.2, -0.15) is 5.10 Å². The third-order valence-corrected chi connectivity index (χ3v) is 2.59. The highest BCUT2D eigenvalue weighted by Gasteiger charge is 2.08. The largest absolute Gasteiger partial charge is 0.308 e. The standard InChI is InChI=1S/C9H16ClN3/c1-7-8(2)11-13(9(7)10)6-5-12(3)4/h5-6H2,1-4H3. The zero-order valence-electron chi connectivity index (χ0n) is 8.63. The molecule has 74 valence electrons. The summed E-state index contributed by atoms with van der Waals surface area (Å²) < 4.78 is 1.85. The van der Waals surface area contributed by atoms with Crippen LogP contribution in [0.4, 0.5) is 0 Å². The van der Waals surface area contributed by atoms with E-state index in [9.17, 15) is 0 Å². The van der Waals surface area contributed by atoms with Crippen LogP contribution in [0.15, 0.2) is 0 Å². The predicted octanol–water partition coefficient (Wildman–Crippen LogP) is 1.71. The van der Waals surface area contributed by atoms with Crippen molar-refractivity contribution in [2.24, 2.45) is 0 Å². The molecule has 0 aliphatic carbocycles. The molecule has 1 aromatic heterocycles. The van der Waals surface area contributed by atoms with Gasteiger partial charge in [0.25, 0.3) is 0 Å². The maximum absolute atomic E-state index is 6.08. The average Bonchev–Trinajstić information content (AvgIpc) is 2.29. The van der Waals surface area contributed by atoms with Gasteiger partial charge in [-0.15, -0.1) is 0 Å². The molecule has 0 aromatic carbocycles. The Morgan fingerprint density at radius 1 is 1.38 bits per heavy atom. The number of hydrogen-bond donors (Lipinski definition) is 0. The summed E-state index contributed by atoms with van der Waals surface area (Å²) in [6.07, 6.45) is 0. The summed E-state index contributed by atoms with van der Waals surface area (Å²) in [5.74, 6) is 0. The Labute approximate surface area is 84.3 Å². The average molecular weight is 202 g/mol. The first kappa shape index (κ1) is 10.5. The van der Waals surface area contributed by atoms with Crippen LogP contribution in [-0.4, -0.2) is 35.3 Å². The number of likely N-dealkylation sites (N-methyl/N-ethyl adjacent to an activating group) is 1. The molecule has 4 heteroatoms. The summed E-state index contributed by atoms with van der Waals surface area (Å²) in [6, 6.07) is 0. The van der Waals surface area contributed by atoms with Gasteiger partial charge in [0, 0.05) is 12.1 Å². The minimum atomic E-state index is 0.763. The van der Waals surface area contributed by atoms with Crippen molar-refractivity contribution in [2.45, 2.75) is 20.4 Å². The van der Waals surface area contributed by atoms with Gasteiger partial charge in [-0.05, 0) is 27.9 Å². The van der Waals surface area contributed by atoms with Gasteiger partial charge in [-0.3, -0.25) is 4.68 Å². The summed E-state index contributed by atoms with van der Waals surface area (Å²) in [4.78, 5) is 2.11. The number of aryl methyl sites for hydroxylation is 1. The van der Waals surface area contributed by atoms with Gasteiger partial charge in [-0.25, -0.2) is 0 Å². The van der Waals surface area contributed by atoms with E-state index in [1.54, 1.807) is 0 Å². The van der Waals surface area contributed by atoms with Crippen LogP contribution in [0.5, 0.6) is 0 Å². The van der Waals surface area contributed by atoms with Gasteiger partial charge in [-0.1, -0.05) is 11.6 Å². The Hall–Kier alpha value is -0.540. The van der Waals surface area contributed by atoms with E-state index in [1.807, 2.05) is 32.6 Å². The Kier molecular flexibility index (Phi) is 3.33. The van der Waals surface area contributed by atoms with Gasteiger partial charge in [0.05, 0.1) is 12.2 Å². The Morgan fingerprint density at radius 3 is 2.38 bits per heavy atom. The number of halogens is 1. The third-order valence-electron chi connectivity index (χ3n) is 2.11. The maximum atomic E-state index is 6.08. The molecule has 3 nitrogen and oxygen atoms in total. The van der Waals surface area contributed by atoms with Crippen LogP contribution in [-0.2, 0) is 6.54 Å².